The van der Waals surface area contributed by atoms with Gasteiger partial charge in [0, 0.05) is 39.3 Å². The van der Waals surface area contributed by atoms with E-state index >= 15 is 0 Å². The molecule has 0 bridgehead atoms. The number of hydrogen-bond acceptors (Lipinski definition) is 4. The highest BCUT2D eigenvalue weighted by molar-refractivity contribution is 5.78. The maximum atomic E-state index is 13.6. The second-order valence-electron chi connectivity index (χ2n) is 7.88. The van der Waals surface area contributed by atoms with E-state index in [9.17, 15) is 9.18 Å². The van der Waals surface area contributed by atoms with Crippen LogP contribution in [0.3, 0.4) is 0 Å². The highest BCUT2D eigenvalue weighted by atomic mass is 19.1. The van der Waals surface area contributed by atoms with Crippen LogP contribution >= 0.6 is 0 Å². The Bertz CT molecular complexity index is 775. The SMILES string of the molecule is CN(C)C(CNC(=O)CN1CCN(Cc2ccccc2)CC1)c1cccc(F)c1. The molecule has 1 unspecified atom stereocenters. The molecule has 1 saturated heterocycles. The minimum Gasteiger partial charge on any atom is -0.353 e. The summed E-state index contributed by atoms with van der Waals surface area (Å²) in [6.45, 7) is 5.53. The van der Waals surface area contributed by atoms with Gasteiger partial charge in [0.15, 0.2) is 0 Å². The van der Waals surface area contributed by atoms with E-state index in [2.05, 4.69) is 39.4 Å². The van der Waals surface area contributed by atoms with Crippen molar-refractivity contribution in [1.82, 2.24) is 20.0 Å². The molecule has 1 amide bonds. The summed E-state index contributed by atoms with van der Waals surface area (Å²) in [5, 5.41) is 3.02. The molecule has 1 atom stereocenters. The molecule has 0 aromatic heterocycles. The third kappa shape index (κ3) is 6.63. The Hall–Kier alpha value is -2.28. The number of carbonyl (C=O) groups is 1. The molecule has 0 aliphatic carbocycles. The van der Waals surface area contributed by atoms with Crippen molar-refractivity contribution in [3.63, 3.8) is 0 Å². The highest BCUT2D eigenvalue weighted by Crippen LogP contribution is 2.18. The molecule has 2 aromatic carbocycles. The number of rotatable bonds is 8. The van der Waals surface area contributed by atoms with Gasteiger partial charge in [0.2, 0.25) is 5.91 Å². The molecular weight excluding hydrogens is 367 g/mol. The lowest BCUT2D eigenvalue weighted by molar-refractivity contribution is -0.122. The topological polar surface area (TPSA) is 38.8 Å². The number of nitrogens with one attached hydrogen (secondary N) is 1. The fourth-order valence-corrected chi connectivity index (χ4v) is 3.73. The van der Waals surface area contributed by atoms with Crippen LogP contribution in [0.1, 0.15) is 17.2 Å². The molecule has 0 saturated carbocycles. The zero-order valence-electron chi connectivity index (χ0n) is 17.4. The molecule has 0 radical (unpaired) electrons. The van der Waals surface area contributed by atoms with Crippen molar-refractivity contribution in [2.75, 3.05) is 53.4 Å². The van der Waals surface area contributed by atoms with Crippen LogP contribution in [0.15, 0.2) is 54.6 Å². The van der Waals surface area contributed by atoms with Gasteiger partial charge in [0.05, 0.1) is 12.6 Å². The third-order valence-corrected chi connectivity index (χ3v) is 5.43. The summed E-state index contributed by atoms with van der Waals surface area (Å²) >= 11 is 0. The van der Waals surface area contributed by atoms with Crippen molar-refractivity contribution in [1.29, 1.82) is 0 Å². The van der Waals surface area contributed by atoms with Gasteiger partial charge in [-0.25, -0.2) is 4.39 Å². The zero-order chi connectivity index (χ0) is 20.6. The van der Waals surface area contributed by atoms with Crippen LogP contribution in [-0.2, 0) is 11.3 Å². The Morgan fingerprint density at radius 1 is 1.03 bits per heavy atom. The summed E-state index contributed by atoms with van der Waals surface area (Å²) in [4.78, 5) is 19.1. The summed E-state index contributed by atoms with van der Waals surface area (Å²) in [5.41, 5.74) is 2.19. The normalized spacial score (nSPS) is 16.7. The maximum Gasteiger partial charge on any atom is 0.234 e. The zero-order valence-corrected chi connectivity index (χ0v) is 17.4. The average Bonchev–Trinajstić information content (AvgIpc) is 2.70. The molecule has 6 heteroatoms. The van der Waals surface area contributed by atoms with Gasteiger partial charge < -0.3 is 10.2 Å². The van der Waals surface area contributed by atoms with Crippen molar-refractivity contribution >= 4 is 5.91 Å². The molecule has 3 rings (SSSR count). The van der Waals surface area contributed by atoms with E-state index in [0.717, 1.165) is 38.3 Å². The first kappa shape index (κ1) is 21.4. The quantitative estimate of drug-likeness (QED) is 0.741. The van der Waals surface area contributed by atoms with Gasteiger partial charge in [-0.05, 0) is 37.4 Å². The number of nitrogens with zero attached hydrogens (tertiary/aromatic N) is 3. The molecule has 2 aromatic rings. The average molecular weight is 399 g/mol. The maximum absolute atomic E-state index is 13.6. The molecule has 1 heterocycles. The second-order valence-corrected chi connectivity index (χ2v) is 7.88. The number of amides is 1. The largest absolute Gasteiger partial charge is 0.353 e. The third-order valence-electron chi connectivity index (χ3n) is 5.43. The van der Waals surface area contributed by atoms with Crippen molar-refractivity contribution in [2.24, 2.45) is 0 Å². The van der Waals surface area contributed by atoms with E-state index < -0.39 is 0 Å². The van der Waals surface area contributed by atoms with Gasteiger partial charge in [-0.3, -0.25) is 14.6 Å². The smallest absolute Gasteiger partial charge is 0.234 e. The van der Waals surface area contributed by atoms with Crippen molar-refractivity contribution < 1.29 is 9.18 Å². The summed E-state index contributed by atoms with van der Waals surface area (Å²) < 4.78 is 13.6. The summed E-state index contributed by atoms with van der Waals surface area (Å²) in [6, 6.07) is 17.0. The molecule has 1 aliphatic heterocycles. The lowest BCUT2D eigenvalue weighted by Gasteiger charge is -2.34. The van der Waals surface area contributed by atoms with Crippen LogP contribution in [0.5, 0.6) is 0 Å². The monoisotopic (exact) mass is 398 g/mol. The minimum atomic E-state index is -0.256. The Kier molecular flexibility index (Phi) is 7.75. The molecule has 0 spiro atoms. The first-order chi connectivity index (χ1) is 14.0. The van der Waals surface area contributed by atoms with E-state index in [4.69, 9.17) is 0 Å². The van der Waals surface area contributed by atoms with E-state index in [0.29, 0.717) is 13.1 Å². The number of halogens is 1. The van der Waals surface area contributed by atoms with Crippen LogP contribution in [0.2, 0.25) is 0 Å². The number of benzene rings is 2. The predicted octanol–water partition coefficient (Wildman–Crippen LogP) is 2.36. The van der Waals surface area contributed by atoms with Crippen LogP contribution in [-0.4, -0.2) is 74.0 Å². The summed E-state index contributed by atoms with van der Waals surface area (Å²) in [6.07, 6.45) is 0. The van der Waals surface area contributed by atoms with Gasteiger partial charge in [-0.15, -0.1) is 0 Å². The highest BCUT2D eigenvalue weighted by Gasteiger charge is 2.20. The van der Waals surface area contributed by atoms with Crippen molar-refractivity contribution in [3.05, 3.63) is 71.5 Å². The Morgan fingerprint density at radius 2 is 1.72 bits per heavy atom. The molecule has 29 heavy (non-hydrogen) atoms. The molecule has 5 nitrogen and oxygen atoms in total. The fraction of sp³-hybridized carbons (Fsp3) is 0.435. The number of carbonyl (C=O) groups excluding carboxylic acids is 1. The van der Waals surface area contributed by atoms with E-state index in [1.54, 1.807) is 6.07 Å². The van der Waals surface area contributed by atoms with E-state index in [-0.39, 0.29) is 17.8 Å². The Balaban J connectivity index is 1.42. The van der Waals surface area contributed by atoms with Gasteiger partial charge in [0.1, 0.15) is 5.82 Å². The summed E-state index contributed by atoms with van der Waals surface area (Å²) in [7, 11) is 3.88. The molecular formula is C23H31FN4O. The van der Waals surface area contributed by atoms with Gasteiger partial charge >= 0.3 is 0 Å². The minimum absolute atomic E-state index is 0.0183. The standard InChI is InChI=1S/C23H31FN4O/c1-26(2)22(20-9-6-10-21(24)15-20)16-25-23(29)18-28-13-11-27(12-14-28)17-19-7-4-3-5-8-19/h3-10,15,22H,11-14,16-18H2,1-2H3,(H,25,29). The van der Waals surface area contributed by atoms with Gasteiger partial charge in [-0.2, -0.15) is 0 Å². The second kappa shape index (κ2) is 10.5. The van der Waals surface area contributed by atoms with Crippen LogP contribution in [0, 0.1) is 5.82 Å². The first-order valence-corrected chi connectivity index (χ1v) is 10.2. The van der Waals surface area contributed by atoms with Crippen LogP contribution in [0.4, 0.5) is 4.39 Å². The molecule has 1 N–H and O–H groups in total. The lowest BCUT2D eigenvalue weighted by Crippen LogP contribution is -2.49. The number of hydrogen-bond donors (Lipinski definition) is 1. The van der Waals surface area contributed by atoms with E-state index in [1.807, 2.05) is 31.1 Å². The lowest BCUT2D eigenvalue weighted by atomic mass is 10.1. The predicted molar refractivity (Wildman–Crippen MR) is 114 cm³/mol. The van der Waals surface area contributed by atoms with Crippen LogP contribution in [0.25, 0.3) is 0 Å². The van der Waals surface area contributed by atoms with Gasteiger partial charge in [0.25, 0.3) is 0 Å². The number of likely N-dealkylation sites (N-methyl/N-ethyl adjacent to an activating group) is 1. The Labute approximate surface area is 173 Å². The van der Waals surface area contributed by atoms with Crippen molar-refractivity contribution in [2.45, 2.75) is 12.6 Å². The molecule has 156 valence electrons. The van der Waals surface area contributed by atoms with Gasteiger partial charge in [-0.1, -0.05) is 42.5 Å². The first-order valence-electron chi connectivity index (χ1n) is 10.2. The van der Waals surface area contributed by atoms with Crippen molar-refractivity contribution in [3.8, 4) is 0 Å². The molecule has 1 aliphatic rings. The number of piperazine rings is 1. The Morgan fingerprint density at radius 3 is 2.38 bits per heavy atom. The fourth-order valence-electron chi connectivity index (χ4n) is 3.73. The van der Waals surface area contributed by atoms with Crippen LogP contribution < -0.4 is 5.32 Å². The van der Waals surface area contributed by atoms with E-state index in [1.165, 1.54) is 17.7 Å². The summed E-state index contributed by atoms with van der Waals surface area (Å²) in [5.74, 6) is -0.237. The molecule has 1 fully saturated rings.